The van der Waals surface area contributed by atoms with Crippen molar-refractivity contribution in [2.24, 2.45) is 0 Å². The Morgan fingerprint density at radius 1 is 0.460 bits per heavy atom. The van der Waals surface area contributed by atoms with Gasteiger partial charge in [-0.05, 0) is 22.5 Å². The maximum atomic E-state index is 4.73. The van der Waals surface area contributed by atoms with E-state index in [0.717, 1.165) is 22.4 Å². The van der Waals surface area contributed by atoms with E-state index in [9.17, 15) is 0 Å². The van der Waals surface area contributed by atoms with Gasteiger partial charge in [0.2, 0.25) is 5.82 Å². The van der Waals surface area contributed by atoms with Crippen LogP contribution in [0.5, 0.6) is 0 Å². The van der Waals surface area contributed by atoms with Gasteiger partial charge in [-0.3, -0.25) is 0 Å². The molecule has 0 saturated heterocycles. The number of rotatable bonds is 5. The van der Waals surface area contributed by atoms with E-state index in [0.29, 0.717) is 11.6 Å². The van der Waals surface area contributed by atoms with E-state index in [-0.39, 0.29) is 20.1 Å². The summed E-state index contributed by atoms with van der Waals surface area (Å²) in [5.41, 5.74) is 6.44. The molecule has 0 aliphatic carbocycles. The number of fused-ring (bicyclic) bond motifs is 3. The van der Waals surface area contributed by atoms with Crippen LogP contribution in [0, 0.1) is 12.1 Å². The first-order valence-electron chi connectivity index (χ1n) is 16.1. The van der Waals surface area contributed by atoms with Gasteiger partial charge in [-0.15, -0.1) is 75.0 Å². The van der Waals surface area contributed by atoms with Crippen LogP contribution in [0.2, 0.25) is 0 Å². The van der Waals surface area contributed by atoms with Crippen molar-refractivity contribution in [2.45, 2.75) is 0 Å². The Morgan fingerprint density at radius 3 is 1.70 bits per heavy atom. The molecule has 0 bridgehead atoms. The zero-order valence-corrected chi connectivity index (χ0v) is 30.2. The zero-order chi connectivity index (χ0) is 32.9. The van der Waals surface area contributed by atoms with Crippen molar-refractivity contribution in [2.75, 3.05) is 0 Å². The number of pyridine rings is 1. The van der Waals surface area contributed by atoms with Crippen molar-refractivity contribution >= 4 is 28.8 Å². The van der Waals surface area contributed by atoms with Gasteiger partial charge in [0, 0.05) is 31.9 Å². The molecule has 3 heterocycles. The third kappa shape index (κ3) is 6.03. The summed E-state index contributed by atoms with van der Waals surface area (Å²) >= 11 is 0. The molecule has 9 rings (SSSR count). The molecule has 50 heavy (non-hydrogen) atoms. The first kappa shape index (κ1) is 32.8. The molecule has 1 aliphatic rings. The van der Waals surface area contributed by atoms with E-state index in [1.165, 1.54) is 31.9 Å². The first-order chi connectivity index (χ1) is 24.3. The predicted octanol–water partition coefficient (Wildman–Crippen LogP) is 6.30. The van der Waals surface area contributed by atoms with E-state index in [1.54, 1.807) is 0 Å². The van der Waals surface area contributed by atoms with Crippen LogP contribution in [0.15, 0.2) is 176 Å². The van der Waals surface area contributed by atoms with E-state index in [1.807, 2.05) is 66.9 Å². The Balaban J connectivity index is 0.000000176. The Labute approximate surface area is 306 Å². The Morgan fingerprint density at radius 2 is 1.06 bits per heavy atom. The van der Waals surface area contributed by atoms with Crippen LogP contribution in [0.4, 0.5) is 0 Å². The monoisotopic (exact) mass is 836 g/mol. The summed E-state index contributed by atoms with van der Waals surface area (Å²) < 4.78 is 0. The normalized spacial score (nSPS) is 12.0. The molecule has 1 aliphatic heterocycles. The number of aromatic nitrogens is 5. The molecule has 0 unspecified atom stereocenters. The molecule has 0 fully saturated rings. The number of hydrogen-bond acceptors (Lipinski definition) is 5. The van der Waals surface area contributed by atoms with E-state index >= 15 is 0 Å². The molecule has 2 aromatic heterocycles. The van der Waals surface area contributed by atoms with Crippen LogP contribution in [-0.2, 0) is 20.1 Å². The minimum atomic E-state index is -2.52. The van der Waals surface area contributed by atoms with Crippen LogP contribution in [-0.4, -0.2) is 33.5 Å². The molecule has 0 saturated carbocycles. The summed E-state index contributed by atoms with van der Waals surface area (Å²) in [6, 6.07) is 65.2. The Kier molecular flexibility index (Phi) is 9.71. The maximum Gasteiger partial charge on any atom is 0.201 e. The summed E-state index contributed by atoms with van der Waals surface area (Å²) in [5.74, 6) is 1.01. The quantitative estimate of drug-likeness (QED) is 0.151. The fourth-order valence-corrected chi connectivity index (χ4v) is 12.1. The van der Waals surface area contributed by atoms with E-state index in [2.05, 4.69) is 142 Å². The van der Waals surface area contributed by atoms with E-state index in [4.69, 9.17) is 4.98 Å². The van der Waals surface area contributed by atoms with Gasteiger partial charge in [-0.2, -0.15) is 10.2 Å². The second-order valence-electron chi connectivity index (χ2n) is 11.6. The summed E-state index contributed by atoms with van der Waals surface area (Å²) in [5, 5.41) is 21.9. The molecule has 1 radical (unpaired) electrons. The van der Waals surface area contributed by atoms with Gasteiger partial charge in [0.25, 0.3) is 0 Å². The van der Waals surface area contributed by atoms with Gasteiger partial charge in [-0.1, -0.05) is 143 Å². The summed E-state index contributed by atoms with van der Waals surface area (Å²) in [6.07, 6.45) is 1.87. The first-order valence-corrected chi connectivity index (χ1v) is 18.1. The molecule has 5 nitrogen and oxygen atoms in total. The van der Waals surface area contributed by atoms with Gasteiger partial charge in [0.1, 0.15) is 13.9 Å². The third-order valence-electron chi connectivity index (χ3n) is 8.79. The molecule has 241 valence electrons. The Hall–Kier alpha value is -5.72. The van der Waals surface area contributed by atoms with Gasteiger partial charge in [0.05, 0.1) is 0 Å². The molecular formula is C43H29IrN5Si-2. The van der Waals surface area contributed by atoms with Gasteiger partial charge in [0.15, 0.2) is 0 Å². The van der Waals surface area contributed by atoms with Crippen LogP contribution in [0.1, 0.15) is 0 Å². The topological polar surface area (TPSA) is 64.5 Å². The van der Waals surface area contributed by atoms with Crippen molar-refractivity contribution in [3.63, 3.8) is 0 Å². The average Bonchev–Trinajstić information content (AvgIpc) is 3.51. The molecule has 0 atom stereocenters. The van der Waals surface area contributed by atoms with Crippen molar-refractivity contribution in [3.8, 4) is 45.2 Å². The molecule has 0 spiro atoms. The standard InChI is InChI=1S/C29H20NSi.C14H9N4.Ir/c1-3-12-22(13-4-1)31(23-14-5-2-6-15-23)28-20-8-7-16-24(28)25-17-11-18-26(29(25)31)27-19-9-10-21-30-27;1-3-7-11(8-4-1)13-15-17-14(18-16-13)12-9-5-2-6-10-12;/h1-17,19-21H;1-9H;/q2*-1;. The smallest absolute Gasteiger partial charge is 0.201 e. The zero-order valence-electron chi connectivity index (χ0n) is 26.8. The summed E-state index contributed by atoms with van der Waals surface area (Å²) in [7, 11) is -2.52. The van der Waals surface area contributed by atoms with Gasteiger partial charge >= 0.3 is 0 Å². The fourth-order valence-electron chi connectivity index (χ4n) is 6.72. The number of benzene rings is 6. The third-order valence-corrected chi connectivity index (χ3v) is 13.7. The molecule has 0 N–H and O–H groups in total. The fraction of sp³-hybridized carbons (Fsp3) is 0. The largest absolute Gasteiger partial charge is 0.305 e. The van der Waals surface area contributed by atoms with Crippen molar-refractivity contribution in [1.29, 1.82) is 0 Å². The molecular weight excluding hydrogens is 807 g/mol. The predicted molar refractivity (Wildman–Crippen MR) is 198 cm³/mol. The minimum absolute atomic E-state index is 0. The SMILES string of the molecule is [Ir].[c-]1ccc2c(c1-c1ccccn1)[Si](c1ccccc1)(c1ccccc1)c1ccccc1-2.[c-]1ccccc1-c1nnc(-c2ccccc2)nn1. The number of nitrogens with zero attached hydrogens (tertiary/aromatic N) is 5. The Bertz CT molecular complexity index is 2210. The molecule has 8 aromatic rings. The van der Waals surface area contributed by atoms with Crippen molar-refractivity contribution < 1.29 is 20.1 Å². The minimum Gasteiger partial charge on any atom is -0.305 e. The van der Waals surface area contributed by atoms with E-state index < -0.39 is 8.07 Å². The molecule has 0 amide bonds. The van der Waals surface area contributed by atoms with Crippen molar-refractivity contribution in [1.82, 2.24) is 25.4 Å². The second kappa shape index (κ2) is 14.8. The van der Waals surface area contributed by atoms with Crippen LogP contribution >= 0.6 is 0 Å². The number of hydrogen-bond donors (Lipinski definition) is 0. The molecule has 7 heteroatoms. The summed E-state index contributed by atoms with van der Waals surface area (Å²) in [6.45, 7) is 0. The van der Waals surface area contributed by atoms with Gasteiger partial charge in [-0.25, -0.2) is 0 Å². The molecule has 6 aromatic carbocycles. The van der Waals surface area contributed by atoms with Crippen LogP contribution in [0.3, 0.4) is 0 Å². The second-order valence-corrected chi connectivity index (χ2v) is 15.3. The van der Waals surface area contributed by atoms with Crippen molar-refractivity contribution in [3.05, 3.63) is 188 Å². The van der Waals surface area contributed by atoms with Crippen LogP contribution < -0.4 is 20.7 Å². The maximum absolute atomic E-state index is 4.73. The average molecular weight is 836 g/mol. The van der Waals surface area contributed by atoms with Gasteiger partial charge < -0.3 is 4.98 Å². The van der Waals surface area contributed by atoms with Crippen LogP contribution in [0.25, 0.3) is 45.2 Å². The summed E-state index contributed by atoms with van der Waals surface area (Å²) in [4.78, 5) is 4.73.